The summed E-state index contributed by atoms with van der Waals surface area (Å²) in [5, 5.41) is 13.4. The second-order valence-electron chi connectivity index (χ2n) is 7.48. The number of halogens is 4. The van der Waals surface area contributed by atoms with Gasteiger partial charge >= 0.3 is 6.18 Å². The molecule has 6 nitrogen and oxygen atoms in total. The standard InChI is InChI=1S/C22H20ClF3N4O2/c1-11(15-8-14(23)2-3-16(15)22(24,25)26)32-19-7-13(10-30-21(19)27)12-6-17-20(29-9-12)18(31)4-5-28-17/h2-3,6-11,18,28,31H,4-5H2,1H3,(H2,27,30). The van der Waals surface area contributed by atoms with Gasteiger partial charge in [0.2, 0.25) is 0 Å². The number of anilines is 2. The molecule has 1 aliphatic heterocycles. The van der Waals surface area contributed by atoms with Crippen LogP contribution in [0.5, 0.6) is 5.75 Å². The summed E-state index contributed by atoms with van der Waals surface area (Å²) in [4.78, 5) is 8.46. The van der Waals surface area contributed by atoms with Gasteiger partial charge in [-0.2, -0.15) is 13.2 Å². The van der Waals surface area contributed by atoms with Crippen LogP contribution in [0.25, 0.3) is 11.1 Å². The van der Waals surface area contributed by atoms with Crippen molar-refractivity contribution in [3.8, 4) is 16.9 Å². The van der Waals surface area contributed by atoms with Gasteiger partial charge in [0.15, 0.2) is 11.6 Å². The molecule has 0 radical (unpaired) electrons. The highest BCUT2D eigenvalue weighted by molar-refractivity contribution is 6.30. The minimum atomic E-state index is -4.56. The summed E-state index contributed by atoms with van der Waals surface area (Å²) in [7, 11) is 0. The average Bonchev–Trinajstić information content (AvgIpc) is 2.74. The second kappa shape index (κ2) is 8.48. The lowest BCUT2D eigenvalue weighted by atomic mass is 10.0. The van der Waals surface area contributed by atoms with E-state index in [1.165, 1.54) is 25.3 Å². The molecule has 0 amide bonds. The number of alkyl halides is 3. The maximum absolute atomic E-state index is 13.4. The molecule has 168 valence electrons. The summed E-state index contributed by atoms with van der Waals surface area (Å²) < 4.78 is 46.1. The summed E-state index contributed by atoms with van der Waals surface area (Å²) in [5.41, 5.74) is 7.57. The van der Waals surface area contributed by atoms with Crippen LogP contribution in [0, 0.1) is 0 Å². The number of hydrogen-bond acceptors (Lipinski definition) is 6. The van der Waals surface area contributed by atoms with Gasteiger partial charge in [-0.15, -0.1) is 0 Å². The van der Waals surface area contributed by atoms with Crippen LogP contribution in [0.2, 0.25) is 5.02 Å². The Morgan fingerprint density at radius 2 is 1.91 bits per heavy atom. The first-order chi connectivity index (χ1) is 15.1. The van der Waals surface area contributed by atoms with Gasteiger partial charge in [0.05, 0.1) is 23.0 Å². The van der Waals surface area contributed by atoms with Gasteiger partial charge < -0.3 is 20.9 Å². The number of nitrogens with zero attached hydrogens (tertiary/aromatic N) is 2. The molecular formula is C22H20ClF3N4O2. The highest BCUT2D eigenvalue weighted by Crippen LogP contribution is 2.39. The van der Waals surface area contributed by atoms with E-state index >= 15 is 0 Å². The summed E-state index contributed by atoms with van der Waals surface area (Å²) in [5.74, 6) is 0.171. The summed E-state index contributed by atoms with van der Waals surface area (Å²) in [6, 6.07) is 6.76. The third-order valence-corrected chi connectivity index (χ3v) is 5.48. The molecule has 3 heterocycles. The van der Waals surface area contributed by atoms with Crippen molar-refractivity contribution in [2.24, 2.45) is 0 Å². The molecule has 0 fully saturated rings. The van der Waals surface area contributed by atoms with Gasteiger partial charge in [0.1, 0.15) is 6.10 Å². The fraction of sp³-hybridized carbons (Fsp3) is 0.273. The molecule has 2 unspecified atom stereocenters. The molecule has 0 aliphatic carbocycles. The largest absolute Gasteiger partial charge is 0.482 e. The molecule has 2 atom stereocenters. The van der Waals surface area contributed by atoms with Crippen LogP contribution in [-0.4, -0.2) is 21.6 Å². The van der Waals surface area contributed by atoms with Crippen molar-refractivity contribution >= 4 is 23.1 Å². The first-order valence-electron chi connectivity index (χ1n) is 9.84. The molecule has 1 aromatic carbocycles. The molecule has 4 N–H and O–H groups in total. The third-order valence-electron chi connectivity index (χ3n) is 5.24. The Balaban J connectivity index is 1.66. The number of aliphatic hydroxyl groups excluding tert-OH is 1. The third kappa shape index (κ3) is 4.44. The molecule has 3 aromatic rings. The van der Waals surface area contributed by atoms with E-state index in [0.717, 1.165) is 6.07 Å². The predicted octanol–water partition coefficient (Wildman–Crippen LogP) is 5.39. The van der Waals surface area contributed by atoms with Gasteiger partial charge in [-0.3, -0.25) is 4.98 Å². The van der Waals surface area contributed by atoms with Crippen LogP contribution in [0.3, 0.4) is 0 Å². The van der Waals surface area contributed by atoms with Gasteiger partial charge in [-0.25, -0.2) is 4.98 Å². The van der Waals surface area contributed by atoms with E-state index < -0.39 is 23.9 Å². The Morgan fingerprint density at radius 1 is 1.19 bits per heavy atom. The van der Waals surface area contributed by atoms with Crippen LogP contribution < -0.4 is 15.8 Å². The zero-order chi connectivity index (χ0) is 23.0. The lowest BCUT2D eigenvalue weighted by molar-refractivity contribution is -0.138. The fourth-order valence-corrected chi connectivity index (χ4v) is 3.79. The van der Waals surface area contributed by atoms with E-state index in [9.17, 15) is 18.3 Å². The molecule has 32 heavy (non-hydrogen) atoms. The van der Waals surface area contributed by atoms with Gasteiger partial charge in [-0.1, -0.05) is 11.6 Å². The molecule has 2 aromatic heterocycles. The number of fused-ring (bicyclic) bond motifs is 1. The van der Waals surface area contributed by atoms with Crippen molar-refractivity contribution in [1.29, 1.82) is 0 Å². The summed E-state index contributed by atoms with van der Waals surface area (Å²) in [6.07, 6.45) is -2.50. The van der Waals surface area contributed by atoms with E-state index in [1.54, 1.807) is 12.3 Å². The minimum absolute atomic E-state index is 0.0376. The van der Waals surface area contributed by atoms with Crippen molar-refractivity contribution in [1.82, 2.24) is 9.97 Å². The zero-order valence-corrected chi connectivity index (χ0v) is 17.7. The molecule has 10 heteroatoms. The highest BCUT2D eigenvalue weighted by Gasteiger charge is 2.35. The molecule has 0 saturated carbocycles. The number of rotatable bonds is 4. The van der Waals surface area contributed by atoms with Crippen molar-refractivity contribution in [2.75, 3.05) is 17.6 Å². The number of hydrogen-bond donors (Lipinski definition) is 3. The Morgan fingerprint density at radius 3 is 2.66 bits per heavy atom. The lowest BCUT2D eigenvalue weighted by Gasteiger charge is -2.23. The Hall–Kier alpha value is -3.04. The normalized spacial score (nSPS) is 16.8. The number of aromatic nitrogens is 2. The monoisotopic (exact) mass is 464 g/mol. The average molecular weight is 465 g/mol. The molecule has 0 saturated heterocycles. The second-order valence-corrected chi connectivity index (χ2v) is 7.92. The van der Waals surface area contributed by atoms with Crippen LogP contribution in [0.15, 0.2) is 42.7 Å². The first kappa shape index (κ1) is 22.2. The minimum Gasteiger partial charge on any atom is -0.482 e. The van der Waals surface area contributed by atoms with Crippen molar-refractivity contribution < 1.29 is 23.0 Å². The van der Waals surface area contributed by atoms with Crippen LogP contribution in [-0.2, 0) is 6.18 Å². The SMILES string of the molecule is CC(Oc1cc(-c2cnc3c(c2)NCCC3O)cnc1N)c1cc(Cl)ccc1C(F)(F)F. The van der Waals surface area contributed by atoms with E-state index in [2.05, 4.69) is 15.3 Å². The van der Waals surface area contributed by atoms with Crippen molar-refractivity contribution in [3.05, 3.63) is 64.6 Å². The van der Waals surface area contributed by atoms with Crippen molar-refractivity contribution in [2.45, 2.75) is 31.7 Å². The Labute approximate surface area is 187 Å². The highest BCUT2D eigenvalue weighted by atomic mass is 35.5. The lowest BCUT2D eigenvalue weighted by Crippen LogP contribution is -2.17. The quantitative estimate of drug-likeness (QED) is 0.479. The van der Waals surface area contributed by atoms with E-state index in [-0.39, 0.29) is 22.2 Å². The number of benzene rings is 1. The maximum Gasteiger partial charge on any atom is 0.416 e. The molecular weight excluding hydrogens is 445 g/mol. The molecule has 1 aliphatic rings. The van der Waals surface area contributed by atoms with E-state index in [4.69, 9.17) is 22.1 Å². The number of ether oxygens (including phenoxy) is 1. The van der Waals surface area contributed by atoms with Gasteiger partial charge in [0.25, 0.3) is 0 Å². The van der Waals surface area contributed by atoms with Crippen LogP contribution in [0.1, 0.15) is 42.4 Å². The number of nitrogen functional groups attached to an aromatic ring is 1. The smallest absolute Gasteiger partial charge is 0.416 e. The number of nitrogens with two attached hydrogens (primary N) is 1. The van der Waals surface area contributed by atoms with Gasteiger partial charge in [0, 0.05) is 40.7 Å². The Bertz CT molecular complexity index is 1160. The molecule has 0 bridgehead atoms. The maximum atomic E-state index is 13.4. The van der Waals surface area contributed by atoms with E-state index in [1.807, 2.05) is 6.07 Å². The number of nitrogens with one attached hydrogen (secondary N) is 1. The fourth-order valence-electron chi connectivity index (χ4n) is 3.61. The molecule has 4 rings (SSSR count). The zero-order valence-electron chi connectivity index (χ0n) is 16.9. The number of aliphatic hydroxyl groups is 1. The van der Waals surface area contributed by atoms with E-state index in [0.29, 0.717) is 35.5 Å². The first-order valence-corrected chi connectivity index (χ1v) is 10.2. The summed E-state index contributed by atoms with van der Waals surface area (Å²) >= 11 is 5.93. The van der Waals surface area contributed by atoms with Crippen LogP contribution in [0.4, 0.5) is 24.7 Å². The summed E-state index contributed by atoms with van der Waals surface area (Å²) in [6.45, 7) is 2.10. The van der Waals surface area contributed by atoms with Gasteiger partial charge in [-0.05, 0) is 43.7 Å². The number of pyridine rings is 2. The molecule has 0 spiro atoms. The Kier molecular flexibility index (Phi) is 5.87. The van der Waals surface area contributed by atoms with Crippen molar-refractivity contribution in [3.63, 3.8) is 0 Å². The van der Waals surface area contributed by atoms with Crippen LogP contribution >= 0.6 is 11.6 Å². The topological polar surface area (TPSA) is 93.3 Å². The predicted molar refractivity (Wildman–Crippen MR) is 115 cm³/mol.